The first-order valence-electron chi connectivity index (χ1n) is 5.40. The lowest BCUT2D eigenvalue weighted by molar-refractivity contribution is -0.140. The molecule has 2 N–H and O–H groups in total. The molecule has 0 radical (unpaired) electrons. The second kappa shape index (κ2) is 5.66. The van der Waals surface area contributed by atoms with Gasteiger partial charge in [-0.2, -0.15) is 0 Å². The van der Waals surface area contributed by atoms with Gasteiger partial charge in [-0.1, -0.05) is 13.0 Å². The van der Waals surface area contributed by atoms with E-state index in [9.17, 15) is 9.59 Å². The number of rotatable bonds is 5. The van der Waals surface area contributed by atoms with E-state index in [4.69, 9.17) is 5.73 Å². The van der Waals surface area contributed by atoms with Crippen LogP contribution in [0.15, 0.2) is 12.3 Å². The summed E-state index contributed by atoms with van der Waals surface area (Å²) >= 11 is 0. The third-order valence-corrected chi connectivity index (χ3v) is 2.54. The summed E-state index contributed by atoms with van der Waals surface area (Å²) in [5.41, 5.74) is 5.99. The van der Waals surface area contributed by atoms with Crippen LogP contribution >= 0.6 is 0 Å². The fourth-order valence-electron chi connectivity index (χ4n) is 1.68. The molecule has 0 aromatic rings. The Labute approximate surface area is 90.1 Å². The number of allylic oxidation sites excluding steroid dienone is 1. The van der Waals surface area contributed by atoms with Crippen molar-refractivity contribution in [1.82, 2.24) is 4.90 Å². The van der Waals surface area contributed by atoms with E-state index < -0.39 is 0 Å². The predicted molar refractivity (Wildman–Crippen MR) is 57.7 cm³/mol. The minimum Gasteiger partial charge on any atom is -0.330 e. The van der Waals surface area contributed by atoms with E-state index in [1.54, 1.807) is 0 Å². The van der Waals surface area contributed by atoms with Gasteiger partial charge in [-0.25, -0.2) is 0 Å². The van der Waals surface area contributed by atoms with Crippen molar-refractivity contribution < 1.29 is 9.59 Å². The van der Waals surface area contributed by atoms with Crippen LogP contribution in [0.4, 0.5) is 0 Å². The number of carbonyl (C=O) groups excluding carboxylic acids is 2. The zero-order chi connectivity index (χ0) is 11.3. The molecule has 1 aliphatic heterocycles. The highest BCUT2D eigenvalue weighted by Crippen LogP contribution is 2.21. The average molecular weight is 210 g/mol. The van der Waals surface area contributed by atoms with Crippen molar-refractivity contribution in [2.24, 2.45) is 5.73 Å². The minimum atomic E-state index is -0.112. The number of nitrogens with zero attached hydrogens (tertiary/aromatic N) is 1. The highest BCUT2D eigenvalue weighted by molar-refractivity contribution is 5.99. The topological polar surface area (TPSA) is 63.4 Å². The first-order valence-corrected chi connectivity index (χ1v) is 5.40. The molecule has 1 fully saturated rings. The van der Waals surface area contributed by atoms with Crippen molar-refractivity contribution in [2.75, 3.05) is 6.54 Å². The SMILES string of the molecule is C=C1CCC(=O)N1C(=O)CCCCCN. The van der Waals surface area contributed by atoms with Crippen molar-refractivity contribution in [1.29, 1.82) is 0 Å². The maximum absolute atomic E-state index is 11.6. The van der Waals surface area contributed by atoms with E-state index in [1.807, 2.05) is 0 Å². The molecule has 4 nitrogen and oxygen atoms in total. The molecule has 15 heavy (non-hydrogen) atoms. The second-order valence-corrected chi connectivity index (χ2v) is 3.79. The number of likely N-dealkylation sites (tertiary alicyclic amines) is 1. The smallest absolute Gasteiger partial charge is 0.233 e. The molecule has 0 unspecified atom stereocenters. The Morgan fingerprint density at radius 3 is 2.60 bits per heavy atom. The Morgan fingerprint density at radius 1 is 1.33 bits per heavy atom. The number of amides is 2. The van der Waals surface area contributed by atoms with Crippen LogP contribution in [-0.4, -0.2) is 23.3 Å². The van der Waals surface area contributed by atoms with Gasteiger partial charge in [0.25, 0.3) is 0 Å². The first kappa shape index (κ1) is 11.9. The van der Waals surface area contributed by atoms with Gasteiger partial charge in [0.15, 0.2) is 0 Å². The normalized spacial score (nSPS) is 16.2. The standard InChI is InChI=1S/C11H18N2O2/c1-9-6-7-11(15)13(9)10(14)5-3-2-4-8-12/h1-8,12H2. The molecule has 1 saturated heterocycles. The molecule has 2 amide bonds. The zero-order valence-electron chi connectivity index (χ0n) is 9.00. The fourth-order valence-corrected chi connectivity index (χ4v) is 1.68. The summed E-state index contributed by atoms with van der Waals surface area (Å²) in [5.74, 6) is -0.219. The van der Waals surface area contributed by atoms with Crippen molar-refractivity contribution in [3.8, 4) is 0 Å². The summed E-state index contributed by atoms with van der Waals surface area (Å²) in [7, 11) is 0. The van der Waals surface area contributed by atoms with E-state index in [0.717, 1.165) is 19.3 Å². The van der Waals surface area contributed by atoms with E-state index in [-0.39, 0.29) is 11.8 Å². The summed E-state index contributed by atoms with van der Waals surface area (Å²) in [5, 5.41) is 0. The maximum atomic E-state index is 11.6. The Hall–Kier alpha value is -1.16. The quantitative estimate of drug-likeness (QED) is 0.693. The van der Waals surface area contributed by atoms with Gasteiger partial charge >= 0.3 is 0 Å². The number of hydrogen-bond acceptors (Lipinski definition) is 3. The molecule has 4 heteroatoms. The van der Waals surface area contributed by atoms with Crippen molar-refractivity contribution in [3.05, 3.63) is 12.3 Å². The lowest BCUT2D eigenvalue weighted by Gasteiger charge is -2.14. The van der Waals surface area contributed by atoms with Crippen LogP contribution in [0.25, 0.3) is 0 Å². The summed E-state index contributed by atoms with van der Waals surface area (Å²) in [6.07, 6.45) is 4.14. The fraction of sp³-hybridized carbons (Fsp3) is 0.636. The van der Waals surface area contributed by atoms with Crippen LogP contribution in [0, 0.1) is 0 Å². The van der Waals surface area contributed by atoms with Crippen LogP contribution in [0.2, 0.25) is 0 Å². The van der Waals surface area contributed by atoms with Crippen LogP contribution in [0.3, 0.4) is 0 Å². The molecule has 1 heterocycles. The maximum Gasteiger partial charge on any atom is 0.233 e. The summed E-state index contributed by atoms with van der Waals surface area (Å²) in [4.78, 5) is 24.2. The monoisotopic (exact) mass is 210 g/mol. The predicted octanol–water partition coefficient (Wildman–Crippen LogP) is 1.17. The summed E-state index contributed by atoms with van der Waals surface area (Å²) < 4.78 is 0. The molecule has 1 aliphatic rings. The largest absolute Gasteiger partial charge is 0.330 e. The third-order valence-electron chi connectivity index (χ3n) is 2.54. The van der Waals surface area contributed by atoms with Crippen molar-refractivity contribution in [2.45, 2.75) is 38.5 Å². The van der Waals surface area contributed by atoms with Crippen LogP contribution in [0.5, 0.6) is 0 Å². The molecule has 0 aliphatic carbocycles. The molecule has 0 saturated carbocycles. The Morgan fingerprint density at radius 2 is 2.07 bits per heavy atom. The average Bonchev–Trinajstić information content (AvgIpc) is 2.53. The second-order valence-electron chi connectivity index (χ2n) is 3.79. The molecule has 84 valence electrons. The minimum absolute atomic E-state index is 0.108. The van der Waals surface area contributed by atoms with E-state index in [1.165, 1.54) is 4.90 Å². The summed E-state index contributed by atoms with van der Waals surface area (Å²) in [6, 6.07) is 0. The van der Waals surface area contributed by atoms with Crippen LogP contribution < -0.4 is 5.73 Å². The Balaban J connectivity index is 2.33. The van der Waals surface area contributed by atoms with Crippen LogP contribution in [0.1, 0.15) is 38.5 Å². The van der Waals surface area contributed by atoms with E-state index in [2.05, 4.69) is 6.58 Å². The number of imide groups is 1. The molecule has 0 atom stereocenters. The van der Waals surface area contributed by atoms with Gasteiger partial charge in [-0.15, -0.1) is 0 Å². The number of nitrogens with two attached hydrogens (primary N) is 1. The molecule has 0 spiro atoms. The van der Waals surface area contributed by atoms with Gasteiger partial charge in [0.1, 0.15) is 0 Å². The number of hydrogen-bond donors (Lipinski definition) is 1. The molecular weight excluding hydrogens is 192 g/mol. The van der Waals surface area contributed by atoms with E-state index >= 15 is 0 Å². The lowest BCUT2D eigenvalue weighted by Crippen LogP contribution is -2.30. The van der Waals surface area contributed by atoms with Gasteiger partial charge in [-0.3, -0.25) is 14.5 Å². The molecule has 1 rings (SSSR count). The van der Waals surface area contributed by atoms with Gasteiger partial charge in [0, 0.05) is 18.5 Å². The van der Waals surface area contributed by atoms with Gasteiger partial charge in [0.2, 0.25) is 11.8 Å². The third kappa shape index (κ3) is 3.16. The zero-order valence-corrected chi connectivity index (χ0v) is 9.00. The highest BCUT2D eigenvalue weighted by Gasteiger charge is 2.29. The first-order chi connectivity index (χ1) is 7.16. The number of carbonyl (C=O) groups is 2. The summed E-state index contributed by atoms with van der Waals surface area (Å²) in [6.45, 7) is 4.37. The molecule has 0 aromatic carbocycles. The highest BCUT2D eigenvalue weighted by atomic mass is 16.2. The van der Waals surface area contributed by atoms with Crippen molar-refractivity contribution in [3.63, 3.8) is 0 Å². The molecule has 0 aromatic heterocycles. The molecule has 0 bridgehead atoms. The number of unbranched alkanes of at least 4 members (excludes halogenated alkanes) is 2. The van der Waals surface area contributed by atoms with Crippen molar-refractivity contribution >= 4 is 11.8 Å². The van der Waals surface area contributed by atoms with E-state index in [0.29, 0.717) is 31.5 Å². The Bertz CT molecular complexity index is 258. The van der Waals surface area contributed by atoms with Gasteiger partial charge in [0.05, 0.1) is 0 Å². The van der Waals surface area contributed by atoms with Gasteiger partial charge in [-0.05, 0) is 25.8 Å². The van der Waals surface area contributed by atoms with Crippen LogP contribution in [-0.2, 0) is 9.59 Å². The molecular formula is C11H18N2O2. The Kier molecular flexibility index (Phi) is 4.49. The van der Waals surface area contributed by atoms with Gasteiger partial charge < -0.3 is 5.73 Å². The lowest BCUT2D eigenvalue weighted by atomic mass is 10.2.